The number of nitrogens with zero attached hydrogens (tertiary/aromatic N) is 1. The number of carboxylic acids is 2. The lowest BCUT2D eigenvalue weighted by atomic mass is 9.87. The lowest BCUT2D eigenvalue weighted by Crippen LogP contribution is -2.34. The van der Waals surface area contributed by atoms with E-state index in [-0.39, 0.29) is 17.0 Å². The Balaban J connectivity index is 2.14. The van der Waals surface area contributed by atoms with Crippen LogP contribution in [0.3, 0.4) is 0 Å². The molecule has 0 spiro atoms. The van der Waals surface area contributed by atoms with Crippen LogP contribution in [-0.2, 0) is 4.79 Å². The maximum absolute atomic E-state index is 13.1. The molecule has 0 radical (unpaired) electrons. The predicted molar refractivity (Wildman–Crippen MR) is 113 cm³/mol. The van der Waals surface area contributed by atoms with Crippen molar-refractivity contribution in [3.63, 3.8) is 0 Å². The van der Waals surface area contributed by atoms with E-state index < -0.39 is 17.9 Å². The molecule has 3 N–H and O–H groups in total. The zero-order valence-electron chi connectivity index (χ0n) is 16.9. The van der Waals surface area contributed by atoms with Gasteiger partial charge in [-0.15, -0.1) is 0 Å². The molecule has 1 fully saturated rings. The van der Waals surface area contributed by atoms with Crippen molar-refractivity contribution in [1.29, 1.82) is 0 Å². The average Bonchev–Trinajstić information content (AvgIpc) is 2.75. The molecular weight excluding hydrogens is 384 g/mol. The number of nitrogens with one attached hydrogen (secondary N) is 1. The van der Waals surface area contributed by atoms with E-state index in [1.165, 1.54) is 12.1 Å². The van der Waals surface area contributed by atoms with Crippen molar-refractivity contribution in [1.82, 2.24) is 5.32 Å². The number of anilines is 1. The third kappa shape index (κ3) is 4.62. The van der Waals surface area contributed by atoms with Gasteiger partial charge in [0.25, 0.3) is 0 Å². The Kier molecular flexibility index (Phi) is 6.72. The lowest BCUT2D eigenvalue weighted by Gasteiger charge is -2.32. The summed E-state index contributed by atoms with van der Waals surface area (Å²) in [6.45, 7) is 3.95. The van der Waals surface area contributed by atoms with Crippen LogP contribution in [0, 0.1) is 0 Å². The van der Waals surface area contributed by atoms with Gasteiger partial charge in [0.2, 0.25) is 5.91 Å². The summed E-state index contributed by atoms with van der Waals surface area (Å²) in [5.74, 6) is -3.10. The smallest absolute Gasteiger partial charge is 0.335 e. The number of amides is 1. The van der Waals surface area contributed by atoms with E-state index in [0.29, 0.717) is 17.7 Å². The molecule has 7 heteroatoms. The molecule has 0 aromatic heterocycles. The summed E-state index contributed by atoms with van der Waals surface area (Å²) >= 11 is 0. The van der Waals surface area contributed by atoms with Crippen LogP contribution in [0.25, 0.3) is 0 Å². The fraction of sp³-hybridized carbons (Fsp3) is 0.348. The number of piperidine rings is 1. The predicted octanol–water partition coefficient (Wildman–Crippen LogP) is 3.34. The Bertz CT molecular complexity index is 933. The standard InChI is InChI=1S/C23H26N2O5/c1-2-24-21(26)20(15-6-8-16(9-7-15)22(27)28)18-14-17(23(29)30)10-11-19(18)25-12-4-3-5-13-25/h6-11,14,20H,2-5,12-13H2,1H3,(H,24,26)(H,27,28)(H,29,30). The number of aromatic carboxylic acids is 2. The number of carbonyl (C=O) groups is 3. The molecule has 0 bridgehead atoms. The maximum atomic E-state index is 13.1. The first kappa shape index (κ1) is 21.4. The summed E-state index contributed by atoms with van der Waals surface area (Å²) in [6.07, 6.45) is 3.23. The zero-order chi connectivity index (χ0) is 21.7. The Hall–Kier alpha value is -3.35. The van der Waals surface area contributed by atoms with Crippen LogP contribution in [0.4, 0.5) is 5.69 Å². The minimum Gasteiger partial charge on any atom is -0.478 e. The topological polar surface area (TPSA) is 107 Å². The van der Waals surface area contributed by atoms with Gasteiger partial charge in [-0.2, -0.15) is 0 Å². The summed E-state index contributed by atoms with van der Waals surface area (Å²) < 4.78 is 0. The van der Waals surface area contributed by atoms with Gasteiger partial charge in [0.05, 0.1) is 17.0 Å². The van der Waals surface area contributed by atoms with Crippen LogP contribution < -0.4 is 10.2 Å². The number of carboxylic acid groups (broad SMARTS) is 2. The number of benzene rings is 2. The van der Waals surface area contributed by atoms with Gasteiger partial charge in [0.1, 0.15) is 0 Å². The Morgan fingerprint density at radius 1 is 0.933 bits per heavy atom. The molecule has 1 heterocycles. The van der Waals surface area contributed by atoms with Gasteiger partial charge in [-0.25, -0.2) is 9.59 Å². The molecule has 1 unspecified atom stereocenters. The van der Waals surface area contributed by atoms with Crippen LogP contribution in [0.1, 0.15) is 63.9 Å². The van der Waals surface area contributed by atoms with E-state index >= 15 is 0 Å². The zero-order valence-corrected chi connectivity index (χ0v) is 16.9. The molecule has 1 atom stereocenters. The molecule has 158 valence electrons. The SMILES string of the molecule is CCNC(=O)C(c1ccc(C(=O)O)cc1)c1cc(C(=O)O)ccc1N1CCCCC1. The van der Waals surface area contributed by atoms with Crippen LogP contribution in [0.2, 0.25) is 0 Å². The number of hydrogen-bond acceptors (Lipinski definition) is 4. The highest BCUT2D eigenvalue weighted by Crippen LogP contribution is 2.35. The monoisotopic (exact) mass is 410 g/mol. The summed E-state index contributed by atoms with van der Waals surface area (Å²) in [6, 6.07) is 11.1. The lowest BCUT2D eigenvalue weighted by molar-refractivity contribution is -0.121. The normalized spacial score (nSPS) is 14.8. The minimum atomic E-state index is -1.06. The van der Waals surface area contributed by atoms with E-state index in [1.54, 1.807) is 30.3 Å². The highest BCUT2D eigenvalue weighted by atomic mass is 16.4. The molecule has 0 saturated carbocycles. The number of rotatable bonds is 7. The highest BCUT2D eigenvalue weighted by Gasteiger charge is 2.28. The van der Waals surface area contributed by atoms with E-state index in [4.69, 9.17) is 0 Å². The molecule has 7 nitrogen and oxygen atoms in total. The number of hydrogen-bond donors (Lipinski definition) is 3. The second kappa shape index (κ2) is 9.43. The third-order valence-corrected chi connectivity index (χ3v) is 5.39. The van der Waals surface area contributed by atoms with Crippen LogP contribution in [0.15, 0.2) is 42.5 Å². The molecule has 2 aromatic carbocycles. The first-order valence-corrected chi connectivity index (χ1v) is 10.2. The largest absolute Gasteiger partial charge is 0.478 e. The molecule has 0 aliphatic carbocycles. The van der Waals surface area contributed by atoms with Crippen molar-refractivity contribution in [2.75, 3.05) is 24.5 Å². The van der Waals surface area contributed by atoms with Crippen LogP contribution >= 0.6 is 0 Å². The van der Waals surface area contributed by atoms with E-state index in [9.17, 15) is 24.6 Å². The van der Waals surface area contributed by atoms with Gasteiger partial charge in [0, 0.05) is 25.3 Å². The second-order valence-electron chi connectivity index (χ2n) is 7.38. The van der Waals surface area contributed by atoms with Gasteiger partial charge < -0.3 is 20.4 Å². The van der Waals surface area contributed by atoms with Crippen molar-refractivity contribution < 1.29 is 24.6 Å². The highest BCUT2D eigenvalue weighted by molar-refractivity contribution is 5.93. The molecular formula is C23H26N2O5. The van der Waals surface area contributed by atoms with E-state index in [0.717, 1.165) is 38.0 Å². The minimum absolute atomic E-state index is 0.113. The van der Waals surface area contributed by atoms with Crippen molar-refractivity contribution in [2.24, 2.45) is 0 Å². The van der Waals surface area contributed by atoms with Crippen LogP contribution in [0.5, 0.6) is 0 Å². The van der Waals surface area contributed by atoms with Crippen molar-refractivity contribution in [3.05, 3.63) is 64.7 Å². The van der Waals surface area contributed by atoms with Gasteiger partial charge in [-0.3, -0.25) is 4.79 Å². The molecule has 30 heavy (non-hydrogen) atoms. The van der Waals surface area contributed by atoms with Crippen LogP contribution in [-0.4, -0.2) is 47.7 Å². The average molecular weight is 410 g/mol. The number of likely N-dealkylation sites (N-methyl/N-ethyl adjacent to an activating group) is 1. The molecule has 3 rings (SSSR count). The summed E-state index contributed by atoms with van der Waals surface area (Å²) in [4.78, 5) is 38.1. The van der Waals surface area contributed by atoms with E-state index in [1.807, 2.05) is 6.92 Å². The summed E-state index contributed by atoms with van der Waals surface area (Å²) in [7, 11) is 0. The molecule has 1 aliphatic heterocycles. The fourth-order valence-electron chi connectivity index (χ4n) is 3.91. The first-order valence-electron chi connectivity index (χ1n) is 10.2. The van der Waals surface area contributed by atoms with E-state index in [2.05, 4.69) is 10.2 Å². The van der Waals surface area contributed by atoms with Gasteiger partial charge in [-0.1, -0.05) is 12.1 Å². The quantitative estimate of drug-likeness (QED) is 0.646. The van der Waals surface area contributed by atoms with Gasteiger partial charge >= 0.3 is 11.9 Å². The maximum Gasteiger partial charge on any atom is 0.335 e. The number of carbonyl (C=O) groups excluding carboxylic acids is 1. The molecule has 1 amide bonds. The summed E-state index contributed by atoms with van der Waals surface area (Å²) in [5, 5.41) is 21.5. The Labute approximate surface area is 175 Å². The molecule has 1 aliphatic rings. The van der Waals surface area contributed by atoms with Crippen molar-refractivity contribution in [3.8, 4) is 0 Å². The molecule has 2 aromatic rings. The Morgan fingerprint density at radius 3 is 2.10 bits per heavy atom. The second-order valence-corrected chi connectivity index (χ2v) is 7.38. The molecule has 1 saturated heterocycles. The first-order chi connectivity index (χ1) is 14.4. The third-order valence-electron chi connectivity index (χ3n) is 5.39. The fourth-order valence-corrected chi connectivity index (χ4v) is 3.91. The summed E-state index contributed by atoms with van der Waals surface area (Å²) in [5.41, 5.74) is 2.32. The van der Waals surface area contributed by atoms with Gasteiger partial charge in [-0.05, 0) is 67.6 Å². The van der Waals surface area contributed by atoms with Crippen molar-refractivity contribution >= 4 is 23.5 Å². The van der Waals surface area contributed by atoms with Gasteiger partial charge in [0.15, 0.2) is 0 Å². The Morgan fingerprint density at radius 2 is 1.53 bits per heavy atom. The van der Waals surface area contributed by atoms with Crippen molar-refractivity contribution in [2.45, 2.75) is 32.1 Å².